The van der Waals surface area contributed by atoms with Gasteiger partial charge in [0.05, 0.1) is 19.3 Å². The Morgan fingerprint density at radius 1 is 0.933 bits per heavy atom. The van der Waals surface area contributed by atoms with E-state index in [-0.39, 0.29) is 0 Å². The predicted octanol–water partition coefficient (Wildman–Crippen LogP) is 2.44. The number of hydrogen-bond acceptors (Lipinski definition) is 2. The van der Waals surface area contributed by atoms with Crippen LogP contribution < -0.4 is 0 Å². The normalized spacial score (nSPS) is 13.2. The third-order valence-corrected chi connectivity index (χ3v) is 3.06. The van der Waals surface area contributed by atoms with Crippen molar-refractivity contribution in [1.82, 2.24) is 0 Å². The van der Waals surface area contributed by atoms with Gasteiger partial charge >= 0.3 is 0 Å². The lowest BCUT2D eigenvalue weighted by Gasteiger charge is -2.17. The fraction of sp³-hybridized carbons (Fsp3) is 1.00. The molecule has 0 aliphatic heterocycles. The van der Waals surface area contributed by atoms with Crippen LogP contribution in [0.5, 0.6) is 0 Å². The SMILES string of the molecule is CCCCCC(CCCC)OCCO[SiH3]. The minimum absolute atomic E-state index is 0.480. The highest BCUT2D eigenvalue weighted by molar-refractivity contribution is 5.97. The molecule has 0 bridgehead atoms. The maximum Gasteiger partial charge on any atom is 0.146 e. The molecule has 0 N–H and O–H groups in total. The molecule has 0 spiro atoms. The predicted molar refractivity (Wildman–Crippen MR) is 69.3 cm³/mol. The van der Waals surface area contributed by atoms with E-state index in [2.05, 4.69) is 13.8 Å². The van der Waals surface area contributed by atoms with Crippen molar-refractivity contribution in [3.63, 3.8) is 0 Å². The van der Waals surface area contributed by atoms with Gasteiger partial charge in [-0.25, -0.2) is 0 Å². The summed E-state index contributed by atoms with van der Waals surface area (Å²) >= 11 is 0. The van der Waals surface area contributed by atoms with Crippen molar-refractivity contribution in [2.24, 2.45) is 0 Å². The summed E-state index contributed by atoms with van der Waals surface area (Å²) in [5.41, 5.74) is 0. The third-order valence-electron chi connectivity index (χ3n) is 2.65. The van der Waals surface area contributed by atoms with Gasteiger partial charge in [-0.3, -0.25) is 0 Å². The highest BCUT2D eigenvalue weighted by atomic mass is 28.2. The van der Waals surface area contributed by atoms with Crippen LogP contribution in [0.4, 0.5) is 0 Å². The van der Waals surface area contributed by atoms with Gasteiger partial charge in [0.1, 0.15) is 10.5 Å². The maximum atomic E-state index is 5.83. The molecule has 0 saturated carbocycles. The summed E-state index contributed by atoms with van der Waals surface area (Å²) in [6.45, 7) is 6.05. The molecule has 0 aromatic rings. The molecular weight excluding hydrogens is 204 g/mol. The topological polar surface area (TPSA) is 18.5 Å². The molecular formula is C12H28O2Si. The fourth-order valence-corrected chi connectivity index (χ4v) is 1.83. The van der Waals surface area contributed by atoms with Crippen molar-refractivity contribution in [3.05, 3.63) is 0 Å². The highest BCUT2D eigenvalue weighted by Crippen LogP contribution is 2.13. The molecule has 0 radical (unpaired) electrons. The zero-order valence-electron chi connectivity index (χ0n) is 10.8. The molecule has 92 valence electrons. The van der Waals surface area contributed by atoms with Crippen LogP contribution in [-0.4, -0.2) is 29.8 Å². The van der Waals surface area contributed by atoms with E-state index in [4.69, 9.17) is 9.16 Å². The molecule has 2 nitrogen and oxygen atoms in total. The number of unbranched alkanes of at least 4 members (excludes halogenated alkanes) is 3. The van der Waals surface area contributed by atoms with Crippen molar-refractivity contribution in [2.45, 2.75) is 64.9 Å². The van der Waals surface area contributed by atoms with Crippen LogP contribution in [0.15, 0.2) is 0 Å². The lowest BCUT2D eigenvalue weighted by molar-refractivity contribution is 0.0227. The average molecular weight is 232 g/mol. The van der Waals surface area contributed by atoms with Crippen LogP contribution in [0, 0.1) is 0 Å². The molecule has 0 fully saturated rings. The van der Waals surface area contributed by atoms with E-state index >= 15 is 0 Å². The van der Waals surface area contributed by atoms with E-state index in [0.717, 1.165) is 23.7 Å². The molecule has 0 rings (SSSR count). The van der Waals surface area contributed by atoms with E-state index in [9.17, 15) is 0 Å². The second kappa shape index (κ2) is 12.2. The molecule has 0 aromatic carbocycles. The molecule has 3 heteroatoms. The van der Waals surface area contributed by atoms with Crippen molar-refractivity contribution in [1.29, 1.82) is 0 Å². The van der Waals surface area contributed by atoms with Crippen molar-refractivity contribution < 1.29 is 9.16 Å². The smallest absolute Gasteiger partial charge is 0.146 e. The van der Waals surface area contributed by atoms with E-state index in [1.807, 2.05) is 0 Å². The van der Waals surface area contributed by atoms with Gasteiger partial charge in [-0.05, 0) is 12.8 Å². The van der Waals surface area contributed by atoms with Crippen molar-refractivity contribution in [2.75, 3.05) is 13.2 Å². The first-order valence-electron chi connectivity index (χ1n) is 6.45. The Balaban J connectivity index is 3.53. The van der Waals surface area contributed by atoms with Crippen LogP contribution in [0.1, 0.15) is 58.8 Å². The molecule has 0 saturated heterocycles. The quantitative estimate of drug-likeness (QED) is 0.402. The number of rotatable bonds is 11. The first-order chi connectivity index (χ1) is 7.35. The van der Waals surface area contributed by atoms with E-state index < -0.39 is 0 Å². The first-order valence-corrected chi connectivity index (χ1v) is 7.27. The molecule has 0 heterocycles. The molecule has 0 aliphatic carbocycles. The summed E-state index contributed by atoms with van der Waals surface area (Å²) in [4.78, 5) is 0. The minimum Gasteiger partial charge on any atom is -0.426 e. The van der Waals surface area contributed by atoms with Gasteiger partial charge in [0.2, 0.25) is 0 Å². The number of hydrogen-bond donors (Lipinski definition) is 0. The van der Waals surface area contributed by atoms with Gasteiger partial charge in [0, 0.05) is 0 Å². The summed E-state index contributed by atoms with van der Waals surface area (Å²) in [6.07, 6.45) is 9.44. The maximum absolute atomic E-state index is 5.83. The first kappa shape index (κ1) is 15.1. The van der Waals surface area contributed by atoms with E-state index in [0.29, 0.717) is 6.10 Å². The second-order valence-electron chi connectivity index (χ2n) is 4.12. The van der Waals surface area contributed by atoms with Crippen LogP contribution in [0.25, 0.3) is 0 Å². The van der Waals surface area contributed by atoms with Crippen LogP contribution in [-0.2, 0) is 9.16 Å². The van der Waals surface area contributed by atoms with Gasteiger partial charge < -0.3 is 9.16 Å². The zero-order valence-corrected chi connectivity index (χ0v) is 12.8. The lowest BCUT2D eigenvalue weighted by atomic mass is 10.1. The van der Waals surface area contributed by atoms with Crippen LogP contribution in [0.2, 0.25) is 0 Å². The van der Waals surface area contributed by atoms with Gasteiger partial charge in [0.25, 0.3) is 0 Å². The highest BCUT2D eigenvalue weighted by Gasteiger charge is 2.07. The fourth-order valence-electron chi connectivity index (χ4n) is 1.66. The Bertz CT molecular complexity index is 110. The lowest BCUT2D eigenvalue weighted by Crippen LogP contribution is -2.16. The molecule has 0 aromatic heterocycles. The zero-order chi connectivity index (χ0) is 11.4. The van der Waals surface area contributed by atoms with Gasteiger partial charge in [-0.15, -0.1) is 0 Å². The molecule has 15 heavy (non-hydrogen) atoms. The second-order valence-corrected chi connectivity index (χ2v) is 4.70. The van der Waals surface area contributed by atoms with E-state index in [1.165, 1.54) is 44.9 Å². The molecule has 1 unspecified atom stereocenters. The summed E-state index contributed by atoms with van der Waals surface area (Å²) in [7, 11) is 0.826. The Labute approximate surface area is 98.3 Å². The Morgan fingerprint density at radius 3 is 2.20 bits per heavy atom. The summed E-state index contributed by atoms with van der Waals surface area (Å²) in [5.74, 6) is 0. The summed E-state index contributed by atoms with van der Waals surface area (Å²) in [6, 6.07) is 0. The van der Waals surface area contributed by atoms with Crippen LogP contribution >= 0.6 is 0 Å². The molecule has 0 amide bonds. The Kier molecular flexibility index (Phi) is 12.3. The van der Waals surface area contributed by atoms with E-state index in [1.54, 1.807) is 0 Å². The molecule has 0 aliphatic rings. The summed E-state index contributed by atoms with van der Waals surface area (Å²) < 4.78 is 11.0. The summed E-state index contributed by atoms with van der Waals surface area (Å²) in [5, 5.41) is 0. The van der Waals surface area contributed by atoms with Crippen LogP contribution in [0.3, 0.4) is 0 Å². The molecule has 1 atom stereocenters. The Morgan fingerprint density at radius 2 is 1.60 bits per heavy atom. The third kappa shape index (κ3) is 10.4. The monoisotopic (exact) mass is 232 g/mol. The van der Waals surface area contributed by atoms with Gasteiger partial charge in [0.15, 0.2) is 0 Å². The standard InChI is InChI=1S/C12H28O2Si/c1-3-5-7-9-12(8-6-4-2)13-10-11-14-15/h12H,3-11H2,1-2,15H3. The minimum atomic E-state index is 0.480. The average Bonchev–Trinajstić information content (AvgIpc) is 2.25. The van der Waals surface area contributed by atoms with Crippen molar-refractivity contribution >= 4 is 10.5 Å². The van der Waals surface area contributed by atoms with Gasteiger partial charge in [-0.1, -0.05) is 46.0 Å². The van der Waals surface area contributed by atoms with Crippen molar-refractivity contribution in [3.8, 4) is 0 Å². The number of ether oxygens (including phenoxy) is 1. The Hall–Kier alpha value is 0.137. The van der Waals surface area contributed by atoms with Gasteiger partial charge in [-0.2, -0.15) is 0 Å². The largest absolute Gasteiger partial charge is 0.426 e.